The molecule has 2 fully saturated rings. The Hall–Kier alpha value is -8.99. The van der Waals surface area contributed by atoms with Crippen LogP contribution in [0.3, 0.4) is 0 Å². The third kappa shape index (κ3) is 26.0. The number of primary amides is 1. The number of fused-ring (bicyclic) bond motifs is 7. The van der Waals surface area contributed by atoms with Crippen LogP contribution in [0.25, 0.3) is 0 Å². The molecule has 5 aliphatic rings. The highest BCUT2D eigenvalue weighted by molar-refractivity contribution is 7.85. The van der Waals surface area contributed by atoms with Crippen molar-refractivity contribution in [1.82, 2.24) is 46.9 Å². The van der Waals surface area contributed by atoms with Crippen LogP contribution in [0.5, 0.6) is 5.75 Å². The lowest BCUT2D eigenvalue weighted by molar-refractivity contribution is -0.150. The lowest BCUT2D eigenvalue weighted by atomic mass is 9.49. The van der Waals surface area contributed by atoms with Crippen molar-refractivity contribution in [3.63, 3.8) is 0 Å². The summed E-state index contributed by atoms with van der Waals surface area (Å²) in [4.78, 5) is 134. The molecular weight excluding hydrogens is 1540 g/mol. The minimum atomic E-state index is -4.14. The van der Waals surface area contributed by atoms with Crippen molar-refractivity contribution < 1.29 is 94.4 Å². The normalized spacial score (nSPS) is 22.1. The summed E-state index contributed by atoms with van der Waals surface area (Å²) in [6, 6.07) is 14.8. The van der Waals surface area contributed by atoms with Crippen LogP contribution in [-0.2, 0) is 125 Å². The first-order chi connectivity index (χ1) is 56.3. The molecule has 12 N–H and O–H groups in total. The fraction of sp³-hybridized carbons (Fsp3) is 0.647. The number of anilines is 2. The second-order valence-corrected chi connectivity index (χ2v) is 35.0. The molecule has 9 rings (SSSR count). The number of amides is 10. The van der Waals surface area contributed by atoms with Crippen LogP contribution in [0.15, 0.2) is 60.7 Å². The number of rotatable bonds is 44. The van der Waals surface area contributed by atoms with Crippen LogP contribution in [0.4, 0.5) is 16.2 Å². The van der Waals surface area contributed by atoms with Gasteiger partial charge in [-0.05, 0) is 196 Å². The van der Waals surface area contributed by atoms with Crippen molar-refractivity contribution >= 4 is 80.8 Å². The molecule has 1 unspecified atom stereocenters. The van der Waals surface area contributed by atoms with E-state index in [1.54, 1.807) is 44.2 Å². The number of hydrogen-bond donors (Lipinski definition) is 11. The standard InChI is InChI=1S/C85H124N12O20S/c1-55(2)74(93-77(104)65(89-56(3)98)18-13-14-39-87-73(102)54-116-68-20-10-8-9-19-67-75(68)95-96-97(67)41-43-113-45-47-115-49-48-114-46-44-112-42-34-72(101)88-40-50-118(109,110)111)78(105)92-66(17-11-12-21-71(86)100)76(103)90-60-28-22-57(23-29-60)53-117-81(108)91-61-30-24-58-26-32-69-82(4,63(58)51-61)35-15-37-84(69,6)79(106)94-80(107)85(7)38-16-36-83(5)64-52-62(99)31-25-59(64)27-33-70(83)85/h22-25,28-31,51-52,55,65-66,68-70,74,99H,8-21,26-27,32-50,53-54H2,1-7H3,(H2,86,100)(H,87,102)(H,88,101)(H,89,98)(H,90,103)(H,91,108)(H,92,105)(H,93,104)(H,94,106,107)(H,109,110,111)/t65-,66+,68?,69-,70-,74+,82-,83-,84+,85+/m1/s1. The molecule has 1 heterocycles. The van der Waals surface area contributed by atoms with Crippen LogP contribution in [0.1, 0.15) is 222 Å². The molecule has 1 aromatic heterocycles. The molecule has 2 saturated carbocycles. The second-order valence-electron chi connectivity index (χ2n) is 33.4. The number of phenols is 1. The summed E-state index contributed by atoms with van der Waals surface area (Å²) in [5.74, 6) is -4.96. The number of nitrogens with one attached hydrogen (secondary N) is 8. The first kappa shape index (κ1) is 92.9. The smallest absolute Gasteiger partial charge is 0.411 e. The van der Waals surface area contributed by atoms with Gasteiger partial charge in [0.2, 0.25) is 53.2 Å². The van der Waals surface area contributed by atoms with Crippen LogP contribution in [0, 0.1) is 28.6 Å². The van der Waals surface area contributed by atoms with Gasteiger partial charge in [0.1, 0.15) is 48.9 Å². The van der Waals surface area contributed by atoms with Gasteiger partial charge in [-0.25, -0.2) is 9.48 Å². The van der Waals surface area contributed by atoms with E-state index >= 15 is 0 Å². The van der Waals surface area contributed by atoms with Gasteiger partial charge in [-0.3, -0.25) is 58.3 Å². The van der Waals surface area contributed by atoms with Crippen LogP contribution < -0.4 is 48.3 Å². The number of aromatic nitrogens is 3. The number of unbranched alkanes of at least 4 members (excludes halogenated alkanes) is 2. The van der Waals surface area contributed by atoms with Crippen molar-refractivity contribution in [2.75, 3.05) is 88.9 Å². The number of hydrogen-bond acceptors (Lipinski definition) is 21. The Balaban J connectivity index is 0.686. The molecule has 33 heteroatoms. The maximum atomic E-state index is 14.8. The van der Waals surface area contributed by atoms with Gasteiger partial charge in [-0.15, -0.1) is 5.10 Å². The van der Waals surface area contributed by atoms with Crippen molar-refractivity contribution in [2.45, 2.75) is 244 Å². The Bertz CT molecular complexity index is 4240. The van der Waals surface area contributed by atoms with Gasteiger partial charge >= 0.3 is 6.09 Å². The van der Waals surface area contributed by atoms with E-state index in [2.05, 4.69) is 66.7 Å². The fourth-order valence-corrected chi connectivity index (χ4v) is 18.5. The van der Waals surface area contributed by atoms with Gasteiger partial charge < -0.3 is 71.2 Å². The van der Waals surface area contributed by atoms with E-state index in [9.17, 15) is 61.5 Å². The molecule has 10 atom stereocenters. The third-order valence-electron chi connectivity index (χ3n) is 24.5. The number of carbonyl (C=O) groups excluding carboxylic acids is 10. The number of nitrogens with two attached hydrogens (primary N) is 1. The number of aryl methyl sites for hydroxylation is 2. The molecule has 650 valence electrons. The summed E-state index contributed by atoms with van der Waals surface area (Å²) >= 11 is 0. The van der Waals surface area contributed by atoms with E-state index in [0.29, 0.717) is 114 Å². The highest BCUT2D eigenvalue weighted by Gasteiger charge is 2.59. The lowest BCUT2D eigenvalue weighted by Gasteiger charge is -2.56. The topological polar surface area (TPSA) is 454 Å². The fourth-order valence-electron chi connectivity index (χ4n) is 18.2. The Morgan fingerprint density at radius 3 is 1.81 bits per heavy atom. The maximum Gasteiger partial charge on any atom is 0.411 e. The molecule has 4 aromatic rings. The maximum absolute atomic E-state index is 14.8. The molecule has 10 amide bonds. The predicted molar refractivity (Wildman–Crippen MR) is 438 cm³/mol. The Morgan fingerprint density at radius 1 is 0.602 bits per heavy atom. The number of ether oxygens (including phenoxy) is 6. The predicted octanol–water partition coefficient (Wildman–Crippen LogP) is 7.83. The van der Waals surface area contributed by atoms with Crippen molar-refractivity contribution in [3.8, 4) is 5.75 Å². The molecular formula is C85H124N12O20S. The quantitative estimate of drug-likeness (QED) is 0.0114. The summed E-state index contributed by atoms with van der Waals surface area (Å²) < 4.78 is 66.1. The first-order valence-corrected chi connectivity index (χ1v) is 43.6. The molecule has 118 heavy (non-hydrogen) atoms. The van der Waals surface area contributed by atoms with E-state index < -0.39 is 104 Å². The van der Waals surface area contributed by atoms with Crippen molar-refractivity contribution in [3.05, 3.63) is 99.9 Å². The van der Waals surface area contributed by atoms with E-state index in [-0.39, 0.29) is 106 Å². The Morgan fingerprint density at radius 2 is 1.19 bits per heavy atom. The van der Waals surface area contributed by atoms with Crippen LogP contribution in [-0.4, -0.2) is 189 Å². The minimum absolute atomic E-state index is 0.00547. The van der Waals surface area contributed by atoms with Gasteiger partial charge in [0, 0.05) is 44.2 Å². The van der Waals surface area contributed by atoms with Crippen molar-refractivity contribution in [1.29, 1.82) is 0 Å². The Kier molecular flexibility index (Phi) is 34.5. The largest absolute Gasteiger partial charge is 0.508 e. The molecule has 3 aromatic carbocycles. The number of benzene rings is 3. The van der Waals surface area contributed by atoms with E-state index in [1.807, 2.05) is 48.9 Å². The monoisotopic (exact) mass is 1660 g/mol. The zero-order chi connectivity index (χ0) is 85.2. The van der Waals surface area contributed by atoms with Gasteiger partial charge in [-0.1, -0.05) is 103 Å². The summed E-state index contributed by atoms with van der Waals surface area (Å²) in [6.45, 7) is 15.8. The van der Waals surface area contributed by atoms with E-state index in [4.69, 9.17) is 38.7 Å². The zero-order valence-electron chi connectivity index (χ0n) is 69.5. The summed E-state index contributed by atoms with van der Waals surface area (Å²) in [6.07, 6.45) is 12.7. The summed E-state index contributed by atoms with van der Waals surface area (Å²) in [5.41, 5.74) is 10.7. The van der Waals surface area contributed by atoms with E-state index in [0.717, 1.165) is 99.4 Å². The average molecular weight is 1670 g/mol. The third-order valence-corrected chi connectivity index (χ3v) is 25.2. The Labute approximate surface area is 692 Å². The SMILES string of the molecule is CC(=O)N[C@H](CCCCNC(=O)COC1CCCCCc2c1nnn2CCOCCOCCOCCOCCC(=O)NCCS(=O)(=O)O)C(=O)N[C@H](C(=O)N[C@@H](CCCCC(N)=O)C(=O)Nc1ccc(COC(=O)Nc2ccc3c(c2)[C@@]2(C)CCC[C@](C)(C(=O)NC(=O)[C@@]4(C)CCC[C@]5(C)c6cc(O)ccc6CC[C@@H]45)[C@@H]2CC3)cc1)C(C)C. The second kappa shape index (κ2) is 43.8. The summed E-state index contributed by atoms with van der Waals surface area (Å²) in [5, 5.41) is 41.7. The minimum Gasteiger partial charge on any atom is -0.508 e. The lowest BCUT2D eigenvalue weighted by Crippen LogP contribution is -2.60. The number of phenolic OH excluding ortho intramolecular Hbond substituents is 1. The number of imide groups is 1. The average Bonchev–Trinajstić information content (AvgIpc) is 0.737. The highest BCUT2D eigenvalue weighted by atomic mass is 32.2. The van der Waals surface area contributed by atoms with Crippen LogP contribution in [0.2, 0.25) is 0 Å². The number of carbonyl (C=O) groups is 10. The molecule has 32 nitrogen and oxygen atoms in total. The van der Waals surface area contributed by atoms with Gasteiger partial charge in [0.05, 0.1) is 81.7 Å². The molecule has 0 aliphatic heterocycles. The van der Waals surface area contributed by atoms with Gasteiger partial charge in [0.15, 0.2) is 0 Å². The van der Waals surface area contributed by atoms with Crippen LogP contribution >= 0.6 is 0 Å². The zero-order valence-corrected chi connectivity index (χ0v) is 70.4. The molecule has 5 aliphatic carbocycles. The van der Waals surface area contributed by atoms with Gasteiger partial charge in [0.25, 0.3) is 10.1 Å². The van der Waals surface area contributed by atoms with Gasteiger partial charge in [-0.2, -0.15) is 8.42 Å². The van der Waals surface area contributed by atoms with E-state index in [1.165, 1.54) is 12.5 Å². The molecule has 0 bridgehead atoms. The first-order valence-electron chi connectivity index (χ1n) is 41.9. The number of nitrogens with zero attached hydrogens (tertiary/aromatic N) is 3. The molecule has 0 saturated heterocycles. The van der Waals surface area contributed by atoms with Crippen molar-refractivity contribution in [2.24, 2.45) is 34.3 Å². The highest BCUT2D eigenvalue weighted by Crippen LogP contribution is 2.60. The summed E-state index contributed by atoms with van der Waals surface area (Å²) in [7, 11) is -4.14. The molecule has 0 radical (unpaired) electrons. The number of aromatic hydroxyl groups is 1. The molecule has 0 spiro atoms.